The maximum Gasteiger partial charge on any atom is 0.245 e. The summed E-state index contributed by atoms with van der Waals surface area (Å²) in [6.45, 7) is 3.72. The van der Waals surface area contributed by atoms with Crippen molar-refractivity contribution in [2.45, 2.75) is 25.8 Å². The number of hydrogen-bond acceptors (Lipinski definition) is 4. The summed E-state index contributed by atoms with van der Waals surface area (Å²) in [5.74, 6) is -2.25. The lowest BCUT2D eigenvalue weighted by Gasteiger charge is -2.15. The van der Waals surface area contributed by atoms with E-state index in [1.807, 2.05) is 6.07 Å². The van der Waals surface area contributed by atoms with Gasteiger partial charge in [0.25, 0.3) is 0 Å². The Hall–Kier alpha value is -1.87. The Morgan fingerprint density at radius 3 is 2.81 bits per heavy atom. The third-order valence-corrected chi connectivity index (χ3v) is 3.70. The molecule has 1 aliphatic heterocycles. The molecule has 0 unspecified atom stereocenters. The second-order valence-electron chi connectivity index (χ2n) is 5.17. The van der Waals surface area contributed by atoms with Crippen LogP contribution in [0.3, 0.4) is 0 Å². The van der Waals surface area contributed by atoms with Gasteiger partial charge in [-0.2, -0.15) is 5.26 Å². The first kappa shape index (κ1) is 15.5. The fourth-order valence-corrected chi connectivity index (χ4v) is 2.62. The second-order valence-corrected chi connectivity index (χ2v) is 6.09. The topological polar surface area (TPSA) is 79.2 Å². The van der Waals surface area contributed by atoms with E-state index >= 15 is 0 Å². The van der Waals surface area contributed by atoms with E-state index in [0.29, 0.717) is 11.3 Å². The lowest BCUT2D eigenvalue weighted by molar-refractivity contribution is -0.132. The quantitative estimate of drug-likeness (QED) is 0.843. The number of Topliss-reactive ketones (excluding diaryl/α,β-unsaturated/α-hetero) is 1. The van der Waals surface area contributed by atoms with E-state index in [9.17, 15) is 9.59 Å². The standard InChI is InChI=1S/C15H15BrN2O3/c1-8(2)18-15(20)11(6-17)14(19)12-7-21-13-4-3-9(16)5-10(12)13/h3-5,8,11-12H,7H2,1-2H3,(H,18,20)/t11-,12-/m1/s1. The molecular formula is C15H15BrN2O3. The number of ether oxygens (including phenoxy) is 1. The van der Waals surface area contributed by atoms with Crippen LogP contribution in [-0.4, -0.2) is 24.3 Å². The van der Waals surface area contributed by atoms with Crippen molar-refractivity contribution in [3.8, 4) is 11.8 Å². The molecule has 2 atom stereocenters. The number of nitriles is 1. The van der Waals surface area contributed by atoms with Crippen LogP contribution in [0.2, 0.25) is 0 Å². The maximum atomic E-state index is 12.5. The van der Waals surface area contributed by atoms with E-state index in [4.69, 9.17) is 10.00 Å². The summed E-state index contributed by atoms with van der Waals surface area (Å²) >= 11 is 3.35. The van der Waals surface area contributed by atoms with Crippen LogP contribution < -0.4 is 10.1 Å². The van der Waals surface area contributed by atoms with Crippen LogP contribution in [0.4, 0.5) is 0 Å². The Bertz CT molecular complexity index is 622. The van der Waals surface area contributed by atoms with Crippen molar-refractivity contribution in [1.29, 1.82) is 5.26 Å². The van der Waals surface area contributed by atoms with Gasteiger partial charge in [-0.1, -0.05) is 15.9 Å². The highest BCUT2D eigenvalue weighted by Gasteiger charge is 2.38. The highest BCUT2D eigenvalue weighted by Crippen LogP contribution is 2.37. The first-order chi connectivity index (χ1) is 9.93. The Morgan fingerprint density at radius 2 is 2.19 bits per heavy atom. The highest BCUT2D eigenvalue weighted by atomic mass is 79.9. The molecule has 5 nitrogen and oxygen atoms in total. The van der Waals surface area contributed by atoms with Crippen LogP contribution in [0.25, 0.3) is 0 Å². The minimum atomic E-state index is -1.31. The lowest BCUT2D eigenvalue weighted by atomic mass is 9.89. The Morgan fingerprint density at radius 1 is 1.48 bits per heavy atom. The number of rotatable bonds is 4. The summed E-state index contributed by atoms with van der Waals surface area (Å²) in [4.78, 5) is 24.5. The van der Waals surface area contributed by atoms with Crippen LogP contribution in [0.5, 0.6) is 5.75 Å². The molecule has 1 amide bonds. The Balaban J connectivity index is 2.23. The van der Waals surface area contributed by atoms with Gasteiger partial charge in [0.05, 0.1) is 12.0 Å². The monoisotopic (exact) mass is 350 g/mol. The number of hydrogen-bond donors (Lipinski definition) is 1. The van der Waals surface area contributed by atoms with Crippen molar-refractivity contribution in [2.75, 3.05) is 6.61 Å². The average Bonchev–Trinajstić information content (AvgIpc) is 2.81. The number of carbonyl (C=O) groups excluding carboxylic acids is 2. The molecule has 2 rings (SSSR count). The number of amides is 1. The average molecular weight is 351 g/mol. The van der Waals surface area contributed by atoms with Crippen LogP contribution in [0, 0.1) is 17.2 Å². The van der Waals surface area contributed by atoms with E-state index < -0.39 is 23.5 Å². The number of fused-ring (bicyclic) bond motifs is 1. The number of nitrogens with zero attached hydrogens (tertiary/aromatic N) is 1. The van der Waals surface area contributed by atoms with Gasteiger partial charge in [0.1, 0.15) is 12.4 Å². The molecule has 6 heteroatoms. The van der Waals surface area contributed by atoms with Crippen LogP contribution in [0.1, 0.15) is 25.3 Å². The van der Waals surface area contributed by atoms with Crippen molar-refractivity contribution in [3.63, 3.8) is 0 Å². The first-order valence-corrected chi connectivity index (χ1v) is 7.39. The van der Waals surface area contributed by atoms with Gasteiger partial charge in [0.2, 0.25) is 5.91 Å². The van der Waals surface area contributed by atoms with Gasteiger partial charge in [-0.25, -0.2) is 0 Å². The molecule has 1 heterocycles. The summed E-state index contributed by atoms with van der Waals surface area (Å²) in [5.41, 5.74) is 0.715. The normalized spacial score (nSPS) is 17.6. The van der Waals surface area contributed by atoms with Gasteiger partial charge in [-0.05, 0) is 32.0 Å². The number of nitrogens with one attached hydrogen (secondary N) is 1. The number of ketones is 1. The van der Waals surface area contributed by atoms with Crippen molar-refractivity contribution in [3.05, 3.63) is 28.2 Å². The highest BCUT2D eigenvalue weighted by molar-refractivity contribution is 9.10. The van der Waals surface area contributed by atoms with Gasteiger partial charge < -0.3 is 10.1 Å². The molecule has 0 saturated heterocycles. The Kier molecular flexibility index (Phi) is 4.63. The van der Waals surface area contributed by atoms with E-state index in [0.717, 1.165) is 4.47 Å². The molecule has 1 aromatic carbocycles. The SMILES string of the molecule is CC(C)NC(=O)[C@H](C#N)C(=O)[C@@H]1COc2ccc(Br)cc21. The molecule has 0 saturated carbocycles. The van der Waals surface area contributed by atoms with Gasteiger partial charge in [-0.15, -0.1) is 0 Å². The molecule has 0 radical (unpaired) electrons. The van der Waals surface area contributed by atoms with Crippen LogP contribution in [-0.2, 0) is 9.59 Å². The number of benzene rings is 1. The van der Waals surface area contributed by atoms with Crippen molar-refractivity contribution in [1.82, 2.24) is 5.32 Å². The van der Waals surface area contributed by atoms with E-state index in [1.165, 1.54) is 0 Å². The zero-order valence-electron chi connectivity index (χ0n) is 11.7. The lowest BCUT2D eigenvalue weighted by Crippen LogP contribution is -2.40. The molecule has 0 bridgehead atoms. The first-order valence-electron chi connectivity index (χ1n) is 6.60. The Labute approximate surface area is 131 Å². The molecule has 0 fully saturated rings. The third-order valence-electron chi connectivity index (χ3n) is 3.20. The maximum absolute atomic E-state index is 12.5. The molecule has 0 spiro atoms. The van der Waals surface area contributed by atoms with Crippen LogP contribution in [0.15, 0.2) is 22.7 Å². The van der Waals surface area contributed by atoms with Crippen molar-refractivity contribution < 1.29 is 14.3 Å². The van der Waals surface area contributed by atoms with E-state index in [-0.39, 0.29) is 12.6 Å². The fourth-order valence-electron chi connectivity index (χ4n) is 2.24. The molecule has 110 valence electrons. The molecule has 0 aromatic heterocycles. The summed E-state index contributed by atoms with van der Waals surface area (Å²) in [5, 5.41) is 11.8. The molecule has 1 aliphatic rings. The van der Waals surface area contributed by atoms with Crippen LogP contribution >= 0.6 is 15.9 Å². The van der Waals surface area contributed by atoms with Crippen molar-refractivity contribution in [2.24, 2.45) is 5.92 Å². The summed E-state index contributed by atoms with van der Waals surface area (Å²) in [7, 11) is 0. The van der Waals surface area contributed by atoms with Crippen molar-refractivity contribution >= 4 is 27.6 Å². The van der Waals surface area contributed by atoms with Gasteiger partial charge in [-0.3, -0.25) is 9.59 Å². The summed E-state index contributed by atoms with van der Waals surface area (Å²) < 4.78 is 6.28. The predicted molar refractivity (Wildman–Crippen MR) is 79.8 cm³/mol. The molecule has 1 aromatic rings. The molecular weight excluding hydrogens is 336 g/mol. The van der Waals surface area contributed by atoms with Gasteiger partial charge in [0.15, 0.2) is 11.7 Å². The van der Waals surface area contributed by atoms with Gasteiger partial charge in [0, 0.05) is 16.1 Å². The van der Waals surface area contributed by atoms with E-state index in [1.54, 1.807) is 32.0 Å². The zero-order chi connectivity index (χ0) is 15.6. The molecule has 1 N–H and O–H groups in total. The third kappa shape index (κ3) is 3.24. The fraction of sp³-hybridized carbons (Fsp3) is 0.400. The summed E-state index contributed by atoms with van der Waals surface area (Å²) in [6, 6.07) is 7.05. The predicted octanol–water partition coefficient (Wildman–Crippen LogP) is 2.16. The smallest absolute Gasteiger partial charge is 0.245 e. The molecule has 21 heavy (non-hydrogen) atoms. The number of halogens is 1. The van der Waals surface area contributed by atoms with E-state index in [2.05, 4.69) is 21.2 Å². The minimum absolute atomic E-state index is 0.123. The largest absolute Gasteiger partial charge is 0.492 e. The summed E-state index contributed by atoms with van der Waals surface area (Å²) in [6.07, 6.45) is 0. The second kappa shape index (κ2) is 6.27. The zero-order valence-corrected chi connectivity index (χ0v) is 13.3. The minimum Gasteiger partial charge on any atom is -0.492 e. The van der Waals surface area contributed by atoms with Gasteiger partial charge >= 0.3 is 0 Å². The number of carbonyl (C=O) groups is 2. The molecule has 0 aliphatic carbocycles.